The van der Waals surface area contributed by atoms with Gasteiger partial charge in [0.2, 0.25) is 5.91 Å². The normalized spacial score (nSPS) is 21.6. The fraction of sp³-hybridized carbons (Fsp3) is 0.400. The second-order valence-corrected chi connectivity index (χ2v) is 4.67. The van der Waals surface area contributed by atoms with Gasteiger partial charge in [0.15, 0.2) is 5.13 Å². The Kier molecular flexibility index (Phi) is 2.37. The third-order valence-corrected chi connectivity index (χ3v) is 3.26. The number of aromatic nitrogens is 1. The number of nitrogens with zero attached hydrogens (tertiary/aromatic N) is 2. The van der Waals surface area contributed by atoms with Crippen molar-refractivity contribution >= 4 is 22.4 Å². The largest absolute Gasteiger partial charge is 0.288 e. The molecule has 1 saturated heterocycles. The Balaban J connectivity index is 2.20. The Morgan fingerprint density at radius 1 is 1.79 bits per heavy atom. The lowest BCUT2D eigenvalue weighted by molar-refractivity contribution is -0.117. The molecular weight excluding hydrogens is 196 g/mol. The Hall–Kier alpha value is -1.16. The van der Waals surface area contributed by atoms with E-state index in [4.69, 9.17) is 0 Å². The molecule has 14 heavy (non-hydrogen) atoms. The molecule has 0 N–H and O–H groups in total. The summed E-state index contributed by atoms with van der Waals surface area (Å²) in [5.74, 6) is 0.441. The van der Waals surface area contributed by atoms with Crippen molar-refractivity contribution in [2.75, 3.05) is 11.4 Å². The van der Waals surface area contributed by atoms with Gasteiger partial charge in [-0.05, 0) is 6.92 Å². The maximum atomic E-state index is 11.6. The molecular formula is C10H12N2OS. The number of carbonyl (C=O) groups is 1. The molecule has 3 nitrogen and oxygen atoms in total. The lowest BCUT2D eigenvalue weighted by Crippen LogP contribution is -2.23. The minimum absolute atomic E-state index is 0.157. The second-order valence-electron chi connectivity index (χ2n) is 3.46. The minimum atomic E-state index is 0.157. The fourth-order valence-electron chi connectivity index (χ4n) is 1.55. The maximum absolute atomic E-state index is 11.6. The average Bonchev–Trinajstić information content (AvgIpc) is 2.71. The zero-order valence-corrected chi connectivity index (χ0v) is 8.88. The van der Waals surface area contributed by atoms with Crippen LogP contribution in [0.1, 0.15) is 11.3 Å². The Morgan fingerprint density at radius 2 is 2.57 bits per heavy atom. The molecule has 0 bridgehead atoms. The van der Waals surface area contributed by atoms with E-state index in [1.165, 1.54) is 0 Å². The van der Waals surface area contributed by atoms with E-state index in [0.29, 0.717) is 6.42 Å². The first-order valence-corrected chi connectivity index (χ1v) is 5.37. The summed E-state index contributed by atoms with van der Waals surface area (Å²) in [6, 6.07) is 0. The zero-order valence-electron chi connectivity index (χ0n) is 8.06. The van der Waals surface area contributed by atoms with Crippen LogP contribution in [0.4, 0.5) is 5.13 Å². The van der Waals surface area contributed by atoms with Crippen molar-refractivity contribution in [3.05, 3.63) is 23.7 Å². The number of rotatable bonds is 2. The number of carbonyl (C=O) groups excluding carboxylic acids is 1. The van der Waals surface area contributed by atoms with Crippen LogP contribution in [0.3, 0.4) is 0 Å². The number of hydrogen-bond donors (Lipinski definition) is 0. The molecule has 0 saturated carbocycles. The van der Waals surface area contributed by atoms with Gasteiger partial charge in [-0.1, -0.05) is 6.08 Å². The predicted octanol–water partition coefficient (Wildman–Crippen LogP) is 1.99. The van der Waals surface area contributed by atoms with Crippen LogP contribution >= 0.6 is 11.3 Å². The van der Waals surface area contributed by atoms with Crippen molar-refractivity contribution in [2.45, 2.75) is 13.3 Å². The van der Waals surface area contributed by atoms with Gasteiger partial charge in [-0.25, -0.2) is 4.98 Å². The highest BCUT2D eigenvalue weighted by Gasteiger charge is 2.30. The molecule has 2 heterocycles. The van der Waals surface area contributed by atoms with Crippen molar-refractivity contribution in [1.29, 1.82) is 0 Å². The van der Waals surface area contributed by atoms with Gasteiger partial charge in [0.1, 0.15) is 0 Å². The standard InChI is InChI=1S/C10H12N2OS/c1-3-8-4-9(13)12(6-8)10-11-5-7(2)14-10/h3,5,8H,1,4,6H2,2H3. The number of aryl methyl sites for hydroxylation is 1. The Labute approximate surface area is 87.1 Å². The van der Waals surface area contributed by atoms with Crippen LogP contribution in [0.2, 0.25) is 0 Å². The van der Waals surface area contributed by atoms with Crippen molar-refractivity contribution in [3.8, 4) is 0 Å². The zero-order chi connectivity index (χ0) is 10.1. The fourth-order valence-corrected chi connectivity index (χ4v) is 2.33. The van der Waals surface area contributed by atoms with E-state index >= 15 is 0 Å². The van der Waals surface area contributed by atoms with E-state index in [0.717, 1.165) is 16.6 Å². The molecule has 74 valence electrons. The molecule has 4 heteroatoms. The summed E-state index contributed by atoms with van der Waals surface area (Å²) in [4.78, 5) is 18.7. The SMILES string of the molecule is C=CC1CC(=O)N(c2ncc(C)s2)C1. The molecule has 1 fully saturated rings. The van der Waals surface area contributed by atoms with Crippen LogP contribution in [0.15, 0.2) is 18.9 Å². The van der Waals surface area contributed by atoms with Gasteiger partial charge in [0.05, 0.1) is 0 Å². The van der Waals surface area contributed by atoms with Gasteiger partial charge in [-0.15, -0.1) is 17.9 Å². The van der Waals surface area contributed by atoms with Crippen LogP contribution in [-0.4, -0.2) is 17.4 Å². The molecule has 1 amide bonds. The lowest BCUT2D eigenvalue weighted by Gasteiger charge is -2.11. The van der Waals surface area contributed by atoms with Gasteiger partial charge in [-0.2, -0.15) is 0 Å². The van der Waals surface area contributed by atoms with Crippen molar-refractivity contribution < 1.29 is 4.79 Å². The van der Waals surface area contributed by atoms with Crippen molar-refractivity contribution in [1.82, 2.24) is 4.98 Å². The quantitative estimate of drug-likeness (QED) is 0.696. The number of thiazole rings is 1. The van der Waals surface area contributed by atoms with Gasteiger partial charge in [0.25, 0.3) is 0 Å². The highest BCUT2D eigenvalue weighted by molar-refractivity contribution is 7.15. The number of anilines is 1. The molecule has 0 spiro atoms. The molecule has 1 aromatic heterocycles. The van der Waals surface area contributed by atoms with E-state index in [1.807, 2.05) is 13.0 Å². The topological polar surface area (TPSA) is 33.2 Å². The summed E-state index contributed by atoms with van der Waals surface area (Å²) in [6.45, 7) is 6.44. The average molecular weight is 208 g/mol. The van der Waals surface area contributed by atoms with E-state index < -0.39 is 0 Å². The maximum Gasteiger partial charge on any atom is 0.229 e. The third-order valence-electron chi connectivity index (χ3n) is 2.33. The van der Waals surface area contributed by atoms with E-state index in [9.17, 15) is 4.79 Å². The minimum Gasteiger partial charge on any atom is -0.288 e. The smallest absolute Gasteiger partial charge is 0.229 e. The van der Waals surface area contributed by atoms with Gasteiger partial charge < -0.3 is 0 Å². The highest BCUT2D eigenvalue weighted by atomic mass is 32.1. The summed E-state index contributed by atoms with van der Waals surface area (Å²) in [7, 11) is 0. The van der Waals surface area contributed by atoms with E-state index in [2.05, 4.69) is 11.6 Å². The van der Waals surface area contributed by atoms with Crippen LogP contribution in [-0.2, 0) is 4.79 Å². The molecule has 1 unspecified atom stereocenters. The summed E-state index contributed by atoms with van der Waals surface area (Å²) < 4.78 is 0. The van der Waals surface area contributed by atoms with Crippen molar-refractivity contribution in [3.63, 3.8) is 0 Å². The number of amides is 1. The first-order valence-electron chi connectivity index (χ1n) is 4.56. The molecule has 0 aromatic carbocycles. The first-order chi connectivity index (χ1) is 6.70. The molecule has 1 aliphatic heterocycles. The predicted molar refractivity (Wildman–Crippen MR) is 57.5 cm³/mol. The summed E-state index contributed by atoms with van der Waals surface area (Å²) >= 11 is 1.56. The molecule has 0 radical (unpaired) electrons. The molecule has 1 aromatic rings. The van der Waals surface area contributed by atoms with Crippen LogP contribution < -0.4 is 4.90 Å². The first kappa shape index (κ1) is 9.40. The summed E-state index contributed by atoms with van der Waals surface area (Å²) in [5.41, 5.74) is 0. The number of hydrogen-bond acceptors (Lipinski definition) is 3. The second kappa shape index (κ2) is 3.53. The van der Waals surface area contributed by atoms with Crippen LogP contribution in [0.25, 0.3) is 0 Å². The van der Waals surface area contributed by atoms with Gasteiger partial charge in [-0.3, -0.25) is 9.69 Å². The summed E-state index contributed by atoms with van der Waals surface area (Å²) in [6.07, 6.45) is 4.22. The third kappa shape index (κ3) is 1.57. The van der Waals surface area contributed by atoms with Crippen molar-refractivity contribution in [2.24, 2.45) is 5.92 Å². The monoisotopic (exact) mass is 208 g/mol. The van der Waals surface area contributed by atoms with E-state index in [1.54, 1.807) is 22.4 Å². The van der Waals surface area contributed by atoms with Gasteiger partial charge >= 0.3 is 0 Å². The lowest BCUT2D eigenvalue weighted by atomic mass is 10.1. The summed E-state index contributed by atoms with van der Waals surface area (Å²) in [5, 5.41) is 0.817. The highest BCUT2D eigenvalue weighted by Crippen LogP contribution is 2.28. The van der Waals surface area contributed by atoms with Gasteiger partial charge in [0, 0.05) is 30.0 Å². The van der Waals surface area contributed by atoms with Crippen LogP contribution in [0.5, 0.6) is 0 Å². The van der Waals surface area contributed by atoms with E-state index in [-0.39, 0.29) is 11.8 Å². The van der Waals surface area contributed by atoms with Crippen LogP contribution in [0, 0.1) is 12.8 Å². The molecule has 1 atom stereocenters. The molecule has 2 rings (SSSR count). The molecule has 0 aliphatic carbocycles. The Morgan fingerprint density at radius 3 is 3.07 bits per heavy atom. The molecule has 1 aliphatic rings. The Bertz CT molecular complexity index is 372.